The molecular weight excluding hydrogens is 344 g/mol. The molecule has 1 unspecified atom stereocenters. The number of rotatable bonds is 5. The molecule has 0 radical (unpaired) electrons. The molecule has 0 aromatic carbocycles. The van der Waals surface area contributed by atoms with E-state index in [0.717, 1.165) is 30.9 Å². The number of carbonyl (C=O) groups excluding carboxylic acids is 2. The Morgan fingerprint density at radius 1 is 1.11 bits per heavy atom. The molecule has 0 aliphatic carbocycles. The number of carbonyl (C=O) groups is 2. The van der Waals surface area contributed by atoms with E-state index in [-0.39, 0.29) is 17.7 Å². The van der Waals surface area contributed by atoms with Gasteiger partial charge in [0.05, 0.1) is 31.5 Å². The van der Waals surface area contributed by atoms with Gasteiger partial charge in [0.15, 0.2) is 0 Å². The zero-order chi connectivity index (χ0) is 19.4. The predicted molar refractivity (Wildman–Crippen MR) is 100 cm³/mol. The summed E-state index contributed by atoms with van der Waals surface area (Å²) in [5.74, 6) is 1.40. The van der Waals surface area contributed by atoms with E-state index < -0.39 is 5.41 Å². The second-order valence-electron chi connectivity index (χ2n) is 8.19. The quantitative estimate of drug-likeness (QED) is 0.803. The molecule has 0 N–H and O–H groups in total. The van der Waals surface area contributed by atoms with Crippen LogP contribution in [0.15, 0.2) is 45.6 Å². The summed E-state index contributed by atoms with van der Waals surface area (Å²) < 4.78 is 10.9. The molecule has 6 heteroatoms. The van der Waals surface area contributed by atoms with Gasteiger partial charge in [0, 0.05) is 18.5 Å². The monoisotopic (exact) mass is 372 g/mol. The van der Waals surface area contributed by atoms with Gasteiger partial charge in [0.1, 0.15) is 11.5 Å². The van der Waals surface area contributed by atoms with Gasteiger partial charge in [0.2, 0.25) is 11.8 Å². The van der Waals surface area contributed by atoms with Gasteiger partial charge in [-0.1, -0.05) is 20.8 Å². The van der Waals surface area contributed by atoms with E-state index in [1.54, 1.807) is 17.4 Å². The van der Waals surface area contributed by atoms with Crippen LogP contribution < -0.4 is 0 Å². The molecule has 1 atom stereocenters. The van der Waals surface area contributed by atoms with Crippen molar-refractivity contribution in [1.29, 1.82) is 0 Å². The Balaban J connectivity index is 1.73. The van der Waals surface area contributed by atoms with E-state index in [4.69, 9.17) is 8.83 Å². The summed E-state index contributed by atoms with van der Waals surface area (Å²) in [6.07, 6.45) is 4.84. The SMILES string of the molecule is CC(C)(C)C(=O)N1CCCC(C(=O)N(Cc2ccco2)Cc2ccco2)C1. The van der Waals surface area contributed by atoms with E-state index in [1.807, 2.05) is 49.9 Å². The average molecular weight is 372 g/mol. The van der Waals surface area contributed by atoms with Crippen LogP contribution in [0.3, 0.4) is 0 Å². The molecule has 3 heterocycles. The van der Waals surface area contributed by atoms with Gasteiger partial charge in [-0.15, -0.1) is 0 Å². The van der Waals surface area contributed by atoms with E-state index in [0.29, 0.717) is 19.6 Å². The number of hydrogen-bond donors (Lipinski definition) is 0. The zero-order valence-electron chi connectivity index (χ0n) is 16.3. The number of amides is 2. The number of likely N-dealkylation sites (tertiary alicyclic amines) is 1. The van der Waals surface area contributed by atoms with Crippen molar-refractivity contribution in [2.45, 2.75) is 46.7 Å². The van der Waals surface area contributed by atoms with Gasteiger partial charge in [0.25, 0.3) is 0 Å². The number of nitrogens with zero attached hydrogens (tertiary/aromatic N) is 2. The minimum absolute atomic E-state index is 0.0363. The summed E-state index contributed by atoms with van der Waals surface area (Å²) in [5.41, 5.74) is -0.438. The van der Waals surface area contributed by atoms with Crippen LogP contribution in [0, 0.1) is 11.3 Å². The Morgan fingerprint density at radius 3 is 2.19 bits per heavy atom. The Bertz CT molecular complexity index is 707. The van der Waals surface area contributed by atoms with Gasteiger partial charge in [-0.25, -0.2) is 0 Å². The molecule has 1 aliphatic rings. The lowest BCUT2D eigenvalue weighted by atomic mass is 9.90. The van der Waals surface area contributed by atoms with Crippen LogP contribution in [0.1, 0.15) is 45.1 Å². The highest BCUT2D eigenvalue weighted by Gasteiger charge is 2.35. The first-order chi connectivity index (χ1) is 12.8. The predicted octanol–water partition coefficient (Wildman–Crippen LogP) is 3.69. The smallest absolute Gasteiger partial charge is 0.228 e. The highest BCUT2D eigenvalue weighted by Crippen LogP contribution is 2.26. The lowest BCUT2D eigenvalue weighted by molar-refractivity contribution is -0.146. The van der Waals surface area contributed by atoms with Gasteiger partial charge in [-0.05, 0) is 37.1 Å². The molecule has 0 bridgehead atoms. The maximum atomic E-state index is 13.3. The van der Waals surface area contributed by atoms with Crippen molar-refractivity contribution in [2.24, 2.45) is 11.3 Å². The molecule has 1 fully saturated rings. The average Bonchev–Trinajstić information content (AvgIpc) is 3.33. The third-order valence-corrected chi connectivity index (χ3v) is 4.86. The summed E-state index contributed by atoms with van der Waals surface area (Å²) >= 11 is 0. The van der Waals surface area contributed by atoms with Crippen LogP contribution >= 0.6 is 0 Å². The highest BCUT2D eigenvalue weighted by atomic mass is 16.3. The summed E-state index contributed by atoms with van der Waals surface area (Å²) in [7, 11) is 0. The van der Waals surface area contributed by atoms with Gasteiger partial charge >= 0.3 is 0 Å². The maximum absolute atomic E-state index is 13.3. The molecule has 0 spiro atoms. The first-order valence-corrected chi connectivity index (χ1v) is 9.47. The first-order valence-electron chi connectivity index (χ1n) is 9.47. The van der Waals surface area contributed by atoms with E-state index in [1.165, 1.54) is 0 Å². The van der Waals surface area contributed by atoms with E-state index >= 15 is 0 Å². The normalized spacial score (nSPS) is 17.7. The van der Waals surface area contributed by atoms with Gasteiger partial charge in [-0.2, -0.15) is 0 Å². The van der Waals surface area contributed by atoms with Crippen molar-refractivity contribution in [3.05, 3.63) is 48.3 Å². The summed E-state index contributed by atoms with van der Waals surface area (Å²) in [4.78, 5) is 29.5. The Labute approximate surface area is 160 Å². The van der Waals surface area contributed by atoms with Crippen molar-refractivity contribution in [3.8, 4) is 0 Å². The Hall–Kier alpha value is -2.50. The van der Waals surface area contributed by atoms with Crippen molar-refractivity contribution >= 4 is 11.8 Å². The minimum atomic E-state index is -0.438. The van der Waals surface area contributed by atoms with Crippen LogP contribution in [-0.4, -0.2) is 34.7 Å². The molecule has 1 aliphatic heterocycles. The molecule has 2 amide bonds. The van der Waals surface area contributed by atoms with Gasteiger partial charge < -0.3 is 18.6 Å². The first kappa shape index (κ1) is 19.3. The molecule has 27 heavy (non-hydrogen) atoms. The molecule has 3 rings (SSSR count). The lowest BCUT2D eigenvalue weighted by Crippen LogP contribution is -2.49. The van der Waals surface area contributed by atoms with Crippen molar-refractivity contribution in [2.75, 3.05) is 13.1 Å². The minimum Gasteiger partial charge on any atom is -0.467 e. The fourth-order valence-corrected chi connectivity index (χ4v) is 3.49. The molecule has 0 saturated carbocycles. The van der Waals surface area contributed by atoms with Crippen molar-refractivity contribution in [3.63, 3.8) is 0 Å². The Kier molecular flexibility index (Phi) is 5.73. The number of hydrogen-bond acceptors (Lipinski definition) is 4. The summed E-state index contributed by atoms with van der Waals surface area (Å²) in [6.45, 7) is 7.72. The van der Waals surface area contributed by atoms with Crippen LogP contribution in [-0.2, 0) is 22.7 Å². The maximum Gasteiger partial charge on any atom is 0.228 e. The second kappa shape index (κ2) is 8.03. The lowest BCUT2D eigenvalue weighted by Gasteiger charge is -2.37. The third-order valence-electron chi connectivity index (χ3n) is 4.86. The van der Waals surface area contributed by atoms with Crippen LogP contribution in [0.2, 0.25) is 0 Å². The van der Waals surface area contributed by atoms with E-state index in [9.17, 15) is 9.59 Å². The number of furan rings is 2. The Morgan fingerprint density at radius 2 is 1.70 bits per heavy atom. The van der Waals surface area contributed by atoms with E-state index in [2.05, 4.69) is 0 Å². The molecule has 146 valence electrons. The summed E-state index contributed by atoms with van der Waals surface area (Å²) in [6, 6.07) is 7.35. The van der Waals surface area contributed by atoms with Crippen LogP contribution in [0.25, 0.3) is 0 Å². The molecular formula is C21H28N2O4. The third kappa shape index (κ3) is 4.81. The molecule has 2 aromatic heterocycles. The van der Waals surface area contributed by atoms with Crippen LogP contribution in [0.5, 0.6) is 0 Å². The van der Waals surface area contributed by atoms with Crippen molar-refractivity contribution in [1.82, 2.24) is 9.80 Å². The molecule has 1 saturated heterocycles. The fraction of sp³-hybridized carbons (Fsp3) is 0.524. The van der Waals surface area contributed by atoms with Crippen molar-refractivity contribution < 1.29 is 18.4 Å². The van der Waals surface area contributed by atoms with Crippen LogP contribution in [0.4, 0.5) is 0 Å². The fourth-order valence-electron chi connectivity index (χ4n) is 3.49. The standard InChI is InChI=1S/C21H28N2O4/c1-21(2,3)20(25)22-10-4-7-16(13-22)19(24)23(14-17-8-5-11-26-17)15-18-9-6-12-27-18/h5-6,8-9,11-12,16H,4,7,10,13-15H2,1-3H3. The number of piperidine rings is 1. The summed E-state index contributed by atoms with van der Waals surface area (Å²) in [5, 5.41) is 0. The zero-order valence-corrected chi connectivity index (χ0v) is 16.3. The van der Waals surface area contributed by atoms with Gasteiger partial charge in [-0.3, -0.25) is 9.59 Å². The highest BCUT2D eigenvalue weighted by molar-refractivity contribution is 5.84. The topological polar surface area (TPSA) is 66.9 Å². The largest absolute Gasteiger partial charge is 0.467 e. The second-order valence-corrected chi connectivity index (χ2v) is 8.19. The molecule has 2 aromatic rings. The molecule has 6 nitrogen and oxygen atoms in total.